The van der Waals surface area contributed by atoms with E-state index in [0.29, 0.717) is 5.82 Å². The molecule has 2 aromatic rings. The number of carbonyl (C=O) groups is 1. The standard InChI is InChI=1S/C13H17N5O/c1-9-4-5-15-11(6-9)17-13(19)12(14-2)10-7-16-18(3)8-10/h4-8,12,14H,1-3H3,(H,15,17,19). The fraction of sp³-hybridized carbons (Fsp3) is 0.308. The third-order valence-electron chi connectivity index (χ3n) is 2.78. The summed E-state index contributed by atoms with van der Waals surface area (Å²) in [6, 6.07) is 3.26. The molecule has 1 amide bonds. The van der Waals surface area contributed by atoms with Gasteiger partial charge in [-0.25, -0.2) is 4.98 Å². The summed E-state index contributed by atoms with van der Waals surface area (Å²) in [7, 11) is 3.55. The van der Waals surface area contributed by atoms with Gasteiger partial charge in [0.15, 0.2) is 0 Å². The van der Waals surface area contributed by atoms with Gasteiger partial charge in [0, 0.05) is 25.0 Å². The highest BCUT2D eigenvalue weighted by Crippen LogP contribution is 2.14. The third kappa shape index (κ3) is 3.17. The summed E-state index contributed by atoms with van der Waals surface area (Å²) in [5, 5.41) is 9.84. The van der Waals surface area contributed by atoms with Crippen molar-refractivity contribution in [3.8, 4) is 0 Å². The van der Waals surface area contributed by atoms with E-state index in [1.165, 1.54) is 0 Å². The van der Waals surface area contributed by atoms with Crippen molar-refractivity contribution >= 4 is 11.7 Å². The Morgan fingerprint density at radius 3 is 2.84 bits per heavy atom. The molecule has 2 aromatic heterocycles. The molecule has 0 spiro atoms. The summed E-state index contributed by atoms with van der Waals surface area (Å²) < 4.78 is 1.66. The van der Waals surface area contributed by atoms with Crippen LogP contribution in [0.2, 0.25) is 0 Å². The maximum absolute atomic E-state index is 12.2. The lowest BCUT2D eigenvalue weighted by atomic mass is 10.1. The fourth-order valence-corrected chi connectivity index (χ4v) is 1.84. The van der Waals surface area contributed by atoms with Crippen molar-refractivity contribution < 1.29 is 4.79 Å². The fourth-order valence-electron chi connectivity index (χ4n) is 1.84. The molecule has 1 unspecified atom stereocenters. The van der Waals surface area contributed by atoms with Gasteiger partial charge in [-0.3, -0.25) is 9.48 Å². The second-order valence-corrected chi connectivity index (χ2v) is 4.38. The van der Waals surface area contributed by atoms with Crippen molar-refractivity contribution in [3.63, 3.8) is 0 Å². The largest absolute Gasteiger partial charge is 0.309 e. The van der Waals surface area contributed by atoms with E-state index in [1.54, 1.807) is 24.1 Å². The van der Waals surface area contributed by atoms with Crippen molar-refractivity contribution in [1.29, 1.82) is 0 Å². The highest BCUT2D eigenvalue weighted by molar-refractivity contribution is 5.94. The molecule has 2 N–H and O–H groups in total. The summed E-state index contributed by atoms with van der Waals surface area (Å²) in [6.45, 7) is 1.95. The Balaban J connectivity index is 2.13. The van der Waals surface area contributed by atoms with Crippen LogP contribution in [0.25, 0.3) is 0 Å². The van der Waals surface area contributed by atoms with E-state index in [2.05, 4.69) is 20.7 Å². The number of likely N-dealkylation sites (N-methyl/N-ethyl adjacent to an activating group) is 1. The van der Waals surface area contributed by atoms with E-state index in [4.69, 9.17) is 0 Å². The lowest BCUT2D eigenvalue weighted by molar-refractivity contribution is -0.118. The number of aromatic nitrogens is 3. The van der Waals surface area contributed by atoms with E-state index in [9.17, 15) is 4.79 Å². The average Bonchev–Trinajstić information content (AvgIpc) is 2.76. The first-order valence-electron chi connectivity index (χ1n) is 5.99. The zero-order valence-corrected chi connectivity index (χ0v) is 11.2. The van der Waals surface area contributed by atoms with Crippen molar-refractivity contribution in [2.45, 2.75) is 13.0 Å². The van der Waals surface area contributed by atoms with Crippen LogP contribution >= 0.6 is 0 Å². The first-order chi connectivity index (χ1) is 9.10. The Morgan fingerprint density at radius 2 is 2.26 bits per heavy atom. The lowest BCUT2D eigenvalue weighted by Crippen LogP contribution is -2.30. The maximum Gasteiger partial charge on any atom is 0.247 e. The summed E-state index contributed by atoms with van der Waals surface area (Å²) in [5.41, 5.74) is 1.86. The van der Waals surface area contributed by atoms with E-state index in [0.717, 1.165) is 11.1 Å². The second-order valence-electron chi connectivity index (χ2n) is 4.38. The van der Waals surface area contributed by atoms with Gasteiger partial charge in [0.25, 0.3) is 0 Å². The van der Waals surface area contributed by atoms with Gasteiger partial charge < -0.3 is 10.6 Å². The molecule has 0 saturated carbocycles. The maximum atomic E-state index is 12.2. The van der Waals surface area contributed by atoms with Crippen molar-refractivity contribution in [2.24, 2.45) is 7.05 Å². The molecular weight excluding hydrogens is 242 g/mol. The number of hydrogen-bond donors (Lipinski definition) is 2. The van der Waals surface area contributed by atoms with Crippen molar-refractivity contribution in [3.05, 3.63) is 41.9 Å². The van der Waals surface area contributed by atoms with Gasteiger partial charge in [-0.15, -0.1) is 0 Å². The van der Waals surface area contributed by atoms with Crippen LogP contribution in [-0.4, -0.2) is 27.7 Å². The van der Waals surface area contributed by atoms with Gasteiger partial charge >= 0.3 is 0 Å². The Hall–Kier alpha value is -2.21. The monoisotopic (exact) mass is 259 g/mol. The quantitative estimate of drug-likeness (QED) is 0.860. The van der Waals surface area contributed by atoms with Crippen LogP contribution in [0.3, 0.4) is 0 Å². The number of rotatable bonds is 4. The van der Waals surface area contributed by atoms with Crippen LogP contribution in [0.4, 0.5) is 5.82 Å². The predicted molar refractivity (Wildman–Crippen MR) is 72.6 cm³/mol. The average molecular weight is 259 g/mol. The highest BCUT2D eigenvalue weighted by atomic mass is 16.2. The van der Waals surface area contributed by atoms with Crippen molar-refractivity contribution in [1.82, 2.24) is 20.1 Å². The highest BCUT2D eigenvalue weighted by Gasteiger charge is 2.20. The van der Waals surface area contributed by atoms with Gasteiger partial charge in [-0.05, 0) is 31.7 Å². The number of nitrogens with zero attached hydrogens (tertiary/aromatic N) is 3. The molecule has 2 rings (SSSR count). The molecule has 6 nitrogen and oxygen atoms in total. The molecule has 6 heteroatoms. The summed E-state index contributed by atoms with van der Waals surface area (Å²) >= 11 is 0. The Labute approximate surface area is 111 Å². The van der Waals surface area contributed by atoms with Gasteiger partial charge in [0.1, 0.15) is 11.9 Å². The minimum atomic E-state index is -0.448. The SMILES string of the molecule is CNC(C(=O)Nc1cc(C)ccn1)c1cnn(C)c1. The third-order valence-corrected chi connectivity index (χ3v) is 2.78. The van der Waals surface area contributed by atoms with Crippen LogP contribution < -0.4 is 10.6 Å². The molecular formula is C13H17N5O. The van der Waals surface area contributed by atoms with E-state index < -0.39 is 6.04 Å². The molecule has 0 aliphatic carbocycles. The topological polar surface area (TPSA) is 71.8 Å². The molecule has 0 bridgehead atoms. The first kappa shape index (κ1) is 13.2. The number of anilines is 1. The van der Waals surface area contributed by atoms with Gasteiger partial charge in [0.2, 0.25) is 5.91 Å². The normalized spacial score (nSPS) is 12.2. The Kier molecular flexibility index (Phi) is 3.91. The molecule has 2 heterocycles. The zero-order valence-electron chi connectivity index (χ0n) is 11.2. The van der Waals surface area contributed by atoms with Crippen LogP contribution in [0.15, 0.2) is 30.7 Å². The first-order valence-corrected chi connectivity index (χ1v) is 5.99. The minimum absolute atomic E-state index is 0.159. The predicted octanol–water partition coefficient (Wildman–Crippen LogP) is 1.02. The zero-order chi connectivity index (χ0) is 13.8. The number of amides is 1. The van der Waals surface area contributed by atoms with E-state index >= 15 is 0 Å². The molecule has 100 valence electrons. The number of aryl methyl sites for hydroxylation is 2. The molecule has 19 heavy (non-hydrogen) atoms. The second kappa shape index (κ2) is 5.62. The smallest absolute Gasteiger partial charge is 0.247 e. The van der Waals surface area contributed by atoms with E-state index in [1.807, 2.05) is 32.3 Å². The minimum Gasteiger partial charge on any atom is -0.309 e. The Morgan fingerprint density at radius 1 is 1.47 bits per heavy atom. The summed E-state index contributed by atoms with van der Waals surface area (Å²) in [5.74, 6) is 0.391. The van der Waals surface area contributed by atoms with Crippen LogP contribution in [0, 0.1) is 6.92 Å². The van der Waals surface area contributed by atoms with Gasteiger partial charge in [0.05, 0.1) is 6.20 Å². The lowest BCUT2D eigenvalue weighted by Gasteiger charge is -2.14. The van der Waals surface area contributed by atoms with E-state index in [-0.39, 0.29) is 5.91 Å². The number of pyridine rings is 1. The van der Waals surface area contributed by atoms with Crippen LogP contribution in [-0.2, 0) is 11.8 Å². The van der Waals surface area contributed by atoms with Crippen molar-refractivity contribution in [2.75, 3.05) is 12.4 Å². The van der Waals surface area contributed by atoms with Crippen LogP contribution in [0.5, 0.6) is 0 Å². The van der Waals surface area contributed by atoms with Gasteiger partial charge in [-0.1, -0.05) is 0 Å². The number of hydrogen-bond acceptors (Lipinski definition) is 4. The van der Waals surface area contributed by atoms with Gasteiger partial charge in [-0.2, -0.15) is 5.10 Å². The molecule has 0 radical (unpaired) electrons. The molecule has 0 fully saturated rings. The number of carbonyl (C=O) groups excluding carboxylic acids is 1. The summed E-state index contributed by atoms with van der Waals surface area (Å²) in [6.07, 6.45) is 5.15. The molecule has 0 saturated heterocycles. The molecule has 0 aliphatic rings. The van der Waals surface area contributed by atoms with Crippen LogP contribution in [0.1, 0.15) is 17.2 Å². The molecule has 0 aromatic carbocycles. The molecule has 1 atom stereocenters. The number of nitrogens with one attached hydrogen (secondary N) is 2. The Bertz CT molecular complexity index is 578. The summed E-state index contributed by atoms with van der Waals surface area (Å²) in [4.78, 5) is 16.3. The molecule has 0 aliphatic heterocycles.